The van der Waals surface area contributed by atoms with Crippen LogP contribution in [0.25, 0.3) is 0 Å². The number of aliphatic hydroxyl groups excluding tert-OH is 4. The highest BCUT2D eigenvalue weighted by Gasteiger charge is 2.07. The van der Waals surface area contributed by atoms with Gasteiger partial charge in [-0.3, -0.25) is 0 Å². The van der Waals surface area contributed by atoms with Crippen molar-refractivity contribution in [1.82, 2.24) is 0 Å². The molecule has 0 aliphatic heterocycles. The van der Waals surface area contributed by atoms with E-state index in [9.17, 15) is 5.11 Å². The van der Waals surface area contributed by atoms with Crippen LogP contribution in [0.4, 0.5) is 0 Å². The van der Waals surface area contributed by atoms with Gasteiger partial charge in [-0.25, -0.2) is 0 Å². The molecule has 4 nitrogen and oxygen atoms in total. The van der Waals surface area contributed by atoms with Gasteiger partial charge in [0.25, 0.3) is 0 Å². The fourth-order valence-electron chi connectivity index (χ4n) is 1.29. The lowest BCUT2D eigenvalue weighted by Gasteiger charge is -2.12. The predicted octanol–water partition coefficient (Wildman–Crippen LogP) is 0.0334. The second-order valence-electron chi connectivity index (χ2n) is 3.64. The van der Waals surface area contributed by atoms with E-state index in [2.05, 4.69) is 0 Å². The molecule has 14 heavy (non-hydrogen) atoms. The van der Waals surface area contributed by atoms with Crippen LogP contribution in [0.2, 0.25) is 0 Å². The van der Waals surface area contributed by atoms with Gasteiger partial charge >= 0.3 is 0 Å². The van der Waals surface area contributed by atoms with E-state index >= 15 is 0 Å². The smallest absolute Gasteiger partial charge is 0.0771 e. The fraction of sp³-hybridized carbons (Fsp3) is 1.00. The van der Waals surface area contributed by atoms with Gasteiger partial charge < -0.3 is 20.4 Å². The summed E-state index contributed by atoms with van der Waals surface area (Å²) in [6.45, 7) is -0.0312. The van der Waals surface area contributed by atoms with Crippen LogP contribution < -0.4 is 0 Å². The first-order chi connectivity index (χ1) is 6.70. The second kappa shape index (κ2) is 9.40. The molecule has 0 saturated heterocycles. The van der Waals surface area contributed by atoms with Crippen molar-refractivity contribution < 1.29 is 20.4 Å². The van der Waals surface area contributed by atoms with Gasteiger partial charge in [-0.05, 0) is 25.7 Å². The third kappa shape index (κ3) is 8.44. The molecule has 0 aliphatic rings. The molecule has 0 rings (SSSR count). The monoisotopic (exact) mass is 206 g/mol. The van der Waals surface area contributed by atoms with Crippen LogP contribution >= 0.6 is 0 Å². The van der Waals surface area contributed by atoms with Crippen LogP contribution in [0.1, 0.15) is 38.5 Å². The topological polar surface area (TPSA) is 80.9 Å². The highest BCUT2D eigenvalue weighted by atomic mass is 16.3. The maximum atomic E-state index is 9.44. The van der Waals surface area contributed by atoms with E-state index < -0.39 is 12.2 Å². The van der Waals surface area contributed by atoms with Crippen molar-refractivity contribution in [3.8, 4) is 0 Å². The molecule has 0 aromatic carbocycles. The standard InChI is InChI=1S/C10H22O4/c11-7-3-1-2-4-9(13)5-6-10(14)8-12/h9-14H,1-8H2. The van der Waals surface area contributed by atoms with Crippen LogP contribution in [0, 0.1) is 0 Å². The molecule has 0 fully saturated rings. The summed E-state index contributed by atoms with van der Waals surface area (Å²) in [5, 5.41) is 35.5. The van der Waals surface area contributed by atoms with Gasteiger partial charge in [-0.2, -0.15) is 0 Å². The molecule has 0 aromatic heterocycles. The summed E-state index contributed by atoms with van der Waals surface area (Å²) in [7, 11) is 0. The van der Waals surface area contributed by atoms with E-state index in [-0.39, 0.29) is 13.2 Å². The van der Waals surface area contributed by atoms with Crippen LogP contribution in [0.5, 0.6) is 0 Å². The summed E-state index contributed by atoms with van der Waals surface area (Å²) >= 11 is 0. The van der Waals surface area contributed by atoms with Crippen LogP contribution in [0.3, 0.4) is 0 Å². The largest absolute Gasteiger partial charge is 0.396 e. The van der Waals surface area contributed by atoms with Crippen LogP contribution in [-0.4, -0.2) is 45.8 Å². The fourth-order valence-corrected chi connectivity index (χ4v) is 1.29. The Morgan fingerprint density at radius 1 is 0.714 bits per heavy atom. The Morgan fingerprint density at radius 2 is 1.36 bits per heavy atom. The van der Waals surface area contributed by atoms with Gasteiger partial charge in [0.15, 0.2) is 0 Å². The molecule has 0 aromatic rings. The molecule has 0 amide bonds. The Balaban J connectivity index is 3.23. The first-order valence-electron chi connectivity index (χ1n) is 5.28. The molecule has 0 saturated carbocycles. The van der Waals surface area contributed by atoms with Crippen molar-refractivity contribution in [2.24, 2.45) is 0 Å². The van der Waals surface area contributed by atoms with E-state index in [1.807, 2.05) is 0 Å². The zero-order valence-corrected chi connectivity index (χ0v) is 8.60. The molecule has 0 bridgehead atoms. The van der Waals surface area contributed by atoms with E-state index in [1.54, 1.807) is 0 Å². The van der Waals surface area contributed by atoms with Crippen LogP contribution in [0.15, 0.2) is 0 Å². The molecule has 0 spiro atoms. The van der Waals surface area contributed by atoms with Crippen molar-refractivity contribution in [2.45, 2.75) is 50.7 Å². The van der Waals surface area contributed by atoms with Gasteiger partial charge in [-0.15, -0.1) is 0 Å². The van der Waals surface area contributed by atoms with Gasteiger partial charge in [0, 0.05) is 6.61 Å². The van der Waals surface area contributed by atoms with Crippen LogP contribution in [-0.2, 0) is 0 Å². The lowest BCUT2D eigenvalue weighted by atomic mass is 10.0. The first kappa shape index (κ1) is 13.8. The maximum absolute atomic E-state index is 9.44. The summed E-state index contributed by atoms with van der Waals surface area (Å²) in [4.78, 5) is 0. The number of hydrogen-bond donors (Lipinski definition) is 4. The van der Waals surface area contributed by atoms with Gasteiger partial charge in [-0.1, -0.05) is 12.8 Å². The first-order valence-corrected chi connectivity index (χ1v) is 5.28. The Labute approximate surface area is 85.2 Å². The van der Waals surface area contributed by atoms with Gasteiger partial charge in [0.1, 0.15) is 0 Å². The summed E-state index contributed by atoms with van der Waals surface area (Å²) in [5.41, 5.74) is 0. The maximum Gasteiger partial charge on any atom is 0.0771 e. The predicted molar refractivity (Wildman–Crippen MR) is 53.9 cm³/mol. The van der Waals surface area contributed by atoms with Crippen molar-refractivity contribution in [1.29, 1.82) is 0 Å². The second-order valence-corrected chi connectivity index (χ2v) is 3.64. The molecule has 4 heteroatoms. The summed E-state index contributed by atoms with van der Waals surface area (Å²) in [5.74, 6) is 0. The zero-order chi connectivity index (χ0) is 10.8. The molecule has 0 radical (unpaired) electrons. The molecular formula is C10H22O4. The normalized spacial score (nSPS) is 15.4. The summed E-state index contributed by atoms with van der Waals surface area (Å²) in [6.07, 6.45) is 3.19. The molecule has 2 atom stereocenters. The minimum atomic E-state index is -0.706. The van der Waals surface area contributed by atoms with Crippen molar-refractivity contribution >= 4 is 0 Å². The molecule has 86 valence electrons. The van der Waals surface area contributed by atoms with E-state index in [0.717, 1.165) is 19.3 Å². The lowest BCUT2D eigenvalue weighted by molar-refractivity contribution is 0.0659. The Kier molecular flexibility index (Phi) is 9.29. The molecule has 0 heterocycles. The van der Waals surface area contributed by atoms with Crippen molar-refractivity contribution in [3.05, 3.63) is 0 Å². The quantitative estimate of drug-likeness (QED) is 0.401. The highest BCUT2D eigenvalue weighted by molar-refractivity contribution is 4.60. The van der Waals surface area contributed by atoms with Crippen molar-refractivity contribution in [2.75, 3.05) is 13.2 Å². The Hall–Kier alpha value is -0.160. The van der Waals surface area contributed by atoms with E-state index in [4.69, 9.17) is 15.3 Å². The van der Waals surface area contributed by atoms with E-state index in [1.165, 1.54) is 0 Å². The van der Waals surface area contributed by atoms with Gasteiger partial charge in [0.2, 0.25) is 0 Å². The van der Waals surface area contributed by atoms with E-state index in [0.29, 0.717) is 19.3 Å². The number of hydrogen-bond acceptors (Lipinski definition) is 4. The minimum Gasteiger partial charge on any atom is -0.396 e. The third-order valence-corrected chi connectivity index (χ3v) is 2.24. The molecule has 0 aliphatic carbocycles. The number of aliphatic hydroxyl groups is 4. The Bertz CT molecular complexity index is 119. The SMILES string of the molecule is OCCCCCC(O)CCC(O)CO. The molecular weight excluding hydrogens is 184 g/mol. The molecule has 2 unspecified atom stereocenters. The number of unbranched alkanes of at least 4 members (excludes halogenated alkanes) is 2. The zero-order valence-electron chi connectivity index (χ0n) is 8.60. The Morgan fingerprint density at radius 3 is 1.93 bits per heavy atom. The average molecular weight is 206 g/mol. The molecule has 4 N–H and O–H groups in total. The summed E-state index contributed by atoms with van der Waals surface area (Å²) < 4.78 is 0. The van der Waals surface area contributed by atoms with Gasteiger partial charge in [0.05, 0.1) is 18.8 Å². The minimum absolute atomic E-state index is 0.208. The highest BCUT2D eigenvalue weighted by Crippen LogP contribution is 2.09. The van der Waals surface area contributed by atoms with Crippen molar-refractivity contribution in [3.63, 3.8) is 0 Å². The number of rotatable bonds is 9. The average Bonchev–Trinajstić information content (AvgIpc) is 2.21. The third-order valence-electron chi connectivity index (χ3n) is 2.24. The summed E-state index contributed by atoms with van der Waals surface area (Å²) in [6, 6.07) is 0. The lowest BCUT2D eigenvalue weighted by Crippen LogP contribution is -2.16.